The molecule has 6 nitrogen and oxygen atoms in total. The Kier molecular flexibility index (Phi) is 5.59. The molecule has 202 valence electrons. The van der Waals surface area contributed by atoms with E-state index >= 15 is 0 Å². The maximum Gasteiger partial charge on any atom is 0.219 e. The maximum atomic E-state index is 13.8. The highest BCUT2D eigenvalue weighted by atomic mass is 35.5. The summed E-state index contributed by atoms with van der Waals surface area (Å²) < 4.78 is 29.7. The second-order valence-electron chi connectivity index (χ2n) is 12.7. The molecule has 4 aliphatic rings. The number of fused-ring (bicyclic) bond motifs is 4. The second-order valence-corrected chi connectivity index (χ2v) is 16.9. The van der Waals surface area contributed by atoms with Crippen LogP contribution in [0, 0.1) is 5.92 Å². The van der Waals surface area contributed by atoms with Gasteiger partial charge in [-0.1, -0.05) is 11.6 Å². The fourth-order valence-electron chi connectivity index (χ4n) is 7.13. The van der Waals surface area contributed by atoms with Crippen LogP contribution in [0.15, 0.2) is 30.5 Å². The minimum Gasteiger partial charge on any atom is -0.391 e. The normalized spacial score (nSPS) is 26.4. The van der Waals surface area contributed by atoms with Gasteiger partial charge in [0.25, 0.3) is 0 Å². The monoisotopic (exact) mass is 571 g/mol. The smallest absolute Gasteiger partial charge is 0.219 e. The number of aliphatic hydroxyl groups is 1. The molecule has 2 saturated carbocycles. The van der Waals surface area contributed by atoms with E-state index in [1.165, 1.54) is 11.3 Å². The van der Waals surface area contributed by atoms with E-state index in [0.717, 1.165) is 69.9 Å². The summed E-state index contributed by atoms with van der Waals surface area (Å²) in [5.41, 5.74) is 5.32. The van der Waals surface area contributed by atoms with Gasteiger partial charge in [-0.15, -0.1) is 11.3 Å². The fourth-order valence-corrected chi connectivity index (χ4v) is 10.2. The lowest BCUT2D eigenvalue weighted by atomic mass is 9.75. The van der Waals surface area contributed by atoms with Crippen LogP contribution in [-0.4, -0.2) is 52.2 Å². The molecular formula is C29H34ClN3O3S2. The standard InChI is InChI=1S/C29H34ClN3O3S2/c1-28(2,3)38(35,36)33-15-19(13-29(33)6-4-7-29)32-14-17-9-22(17)24-11-18(30)10-23(26(24)32)21-5-8-31-25-12-20(16-34)37-27(21)25/h5,8,10-12,17,19,22,34H,4,6-7,9,13-16H2,1-3H3/t17-,19+,22-/m1/s1. The lowest BCUT2D eigenvalue weighted by Gasteiger charge is -2.46. The summed E-state index contributed by atoms with van der Waals surface area (Å²) in [5.74, 6) is 1.11. The highest BCUT2D eigenvalue weighted by Gasteiger charge is 2.59. The molecule has 3 fully saturated rings. The Morgan fingerprint density at radius 1 is 1.18 bits per heavy atom. The lowest BCUT2D eigenvalue weighted by Crippen LogP contribution is -2.56. The number of rotatable bonds is 4. The van der Waals surface area contributed by atoms with E-state index in [4.69, 9.17) is 11.6 Å². The van der Waals surface area contributed by atoms with Crippen molar-refractivity contribution in [3.8, 4) is 11.1 Å². The summed E-state index contributed by atoms with van der Waals surface area (Å²) in [6, 6.07) is 8.35. The molecule has 4 heterocycles. The number of thiophene rings is 1. The fraction of sp³-hybridized carbons (Fsp3) is 0.552. The molecule has 0 bridgehead atoms. The Bertz CT molecular complexity index is 1560. The van der Waals surface area contributed by atoms with Gasteiger partial charge in [-0.3, -0.25) is 4.98 Å². The van der Waals surface area contributed by atoms with Gasteiger partial charge in [-0.25, -0.2) is 8.42 Å². The molecule has 7 rings (SSSR count). The van der Waals surface area contributed by atoms with Crippen molar-refractivity contribution in [3.63, 3.8) is 0 Å². The summed E-state index contributed by atoms with van der Waals surface area (Å²) in [7, 11) is -3.44. The van der Waals surface area contributed by atoms with Gasteiger partial charge in [0.05, 0.1) is 21.6 Å². The van der Waals surface area contributed by atoms with Crippen molar-refractivity contribution >= 4 is 48.9 Å². The SMILES string of the molecule is CC(C)(C)S(=O)(=O)N1C[C@@H](N2C[C@H]3C[C@H]3c3cc(Cl)cc(-c4ccnc5cc(CO)sc45)c32)CC12CCC2. The number of hydrogen-bond donors (Lipinski definition) is 1. The molecule has 2 aromatic heterocycles. The topological polar surface area (TPSA) is 73.7 Å². The summed E-state index contributed by atoms with van der Waals surface area (Å²) in [5, 5.41) is 10.5. The third kappa shape index (κ3) is 3.63. The zero-order chi connectivity index (χ0) is 26.6. The first-order valence-corrected chi connectivity index (χ1v) is 16.3. The highest BCUT2D eigenvalue weighted by Crippen LogP contribution is 2.60. The second kappa shape index (κ2) is 8.40. The number of aliphatic hydroxyl groups excluding tert-OH is 1. The lowest BCUT2D eigenvalue weighted by molar-refractivity contribution is 0.125. The number of pyridine rings is 1. The summed E-state index contributed by atoms with van der Waals surface area (Å²) in [4.78, 5) is 8.00. The molecule has 0 radical (unpaired) electrons. The van der Waals surface area contributed by atoms with Crippen LogP contribution < -0.4 is 4.90 Å². The van der Waals surface area contributed by atoms with Gasteiger partial charge in [-0.05, 0) is 94.5 Å². The van der Waals surface area contributed by atoms with Crippen LogP contribution in [0.25, 0.3) is 21.3 Å². The molecule has 9 heteroatoms. The molecule has 3 aromatic rings. The largest absolute Gasteiger partial charge is 0.391 e. The Labute approximate surface area is 233 Å². The first-order chi connectivity index (χ1) is 18.0. The molecule has 1 aromatic carbocycles. The summed E-state index contributed by atoms with van der Waals surface area (Å²) in [6.45, 7) is 6.96. The minimum atomic E-state index is -3.44. The van der Waals surface area contributed by atoms with E-state index in [0.29, 0.717) is 18.4 Å². The van der Waals surface area contributed by atoms with Gasteiger partial charge in [0.2, 0.25) is 10.0 Å². The van der Waals surface area contributed by atoms with Crippen LogP contribution in [0.1, 0.15) is 69.2 Å². The van der Waals surface area contributed by atoms with Crippen LogP contribution in [0.3, 0.4) is 0 Å². The van der Waals surface area contributed by atoms with Crippen molar-refractivity contribution in [1.82, 2.24) is 9.29 Å². The summed E-state index contributed by atoms with van der Waals surface area (Å²) >= 11 is 8.34. The van der Waals surface area contributed by atoms with E-state index in [2.05, 4.69) is 28.1 Å². The van der Waals surface area contributed by atoms with Gasteiger partial charge >= 0.3 is 0 Å². The van der Waals surface area contributed by atoms with E-state index < -0.39 is 14.8 Å². The molecular weight excluding hydrogens is 538 g/mol. The van der Waals surface area contributed by atoms with Crippen molar-refractivity contribution in [2.24, 2.45) is 5.92 Å². The summed E-state index contributed by atoms with van der Waals surface area (Å²) in [6.07, 6.45) is 6.85. The molecule has 3 atom stereocenters. The van der Waals surface area contributed by atoms with Crippen molar-refractivity contribution in [2.75, 3.05) is 18.0 Å². The number of aromatic nitrogens is 1. The maximum absolute atomic E-state index is 13.8. The zero-order valence-electron chi connectivity index (χ0n) is 22.1. The number of nitrogens with zero attached hydrogens (tertiary/aromatic N) is 3. The van der Waals surface area contributed by atoms with Crippen LogP contribution in [-0.2, 0) is 16.6 Å². The number of anilines is 1. The molecule has 2 aliphatic heterocycles. The van der Waals surface area contributed by atoms with Crippen LogP contribution in [0.2, 0.25) is 5.02 Å². The van der Waals surface area contributed by atoms with E-state index in [-0.39, 0.29) is 18.2 Å². The Hall–Kier alpha value is -1.71. The zero-order valence-corrected chi connectivity index (χ0v) is 24.5. The molecule has 0 amide bonds. The van der Waals surface area contributed by atoms with E-state index in [1.54, 1.807) is 11.3 Å². The quantitative estimate of drug-likeness (QED) is 0.406. The first-order valence-electron chi connectivity index (χ1n) is 13.6. The van der Waals surface area contributed by atoms with Gasteiger partial charge in [0.15, 0.2) is 0 Å². The van der Waals surface area contributed by atoms with Gasteiger partial charge < -0.3 is 10.0 Å². The molecule has 1 spiro atoms. The molecule has 2 aliphatic carbocycles. The minimum absolute atomic E-state index is 0.00770. The Morgan fingerprint density at radius 3 is 2.66 bits per heavy atom. The number of hydrogen-bond acceptors (Lipinski definition) is 6. The average Bonchev–Trinajstić information content (AvgIpc) is 3.31. The van der Waals surface area contributed by atoms with Crippen LogP contribution >= 0.6 is 22.9 Å². The molecule has 1 saturated heterocycles. The third-order valence-corrected chi connectivity index (χ3v) is 13.4. The van der Waals surface area contributed by atoms with Crippen molar-refractivity contribution in [1.29, 1.82) is 0 Å². The van der Waals surface area contributed by atoms with Crippen molar-refractivity contribution in [2.45, 2.75) is 81.7 Å². The molecule has 0 unspecified atom stereocenters. The van der Waals surface area contributed by atoms with Crippen molar-refractivity contribution < 1.29 is 13.5 Å². The van der Waals surface area contributed by atoms with Crippen molar-refractivity contribution in [3.05, 3.63) is 45.9 Å². The van der Waals surface area contributed by atoms with E-state index in [9.17, 15) is 13.5 Å². The third-order valence-electron chi connectivity index (χ3n) is 9.36. The molecule has 38 heavy (non-hydrogen) atoms. The number of sulfonamides is 1. The van der Waals surface area contributed by atoms with E-state index in [1.807, 2.05) is 37.3 Å². The predicted molar refractivity (Wildman–Crippen MR) is 155 cm³/mol. The predicted octanol–water partition coefficient (Wildman–Crippen LogP) is 6.16. The van der Waals surface area contributed by atoms with Crippen LogP contribution in [0.5, 0.6) is 0 Å². The van der Waals surface area contributed by atoms with Gasteiger partial charge in [0.1, 0.15) is 0 Å². The highest BCUT2D eigenvalue weighted by molar-refractivity contribution is 7.90. The van der Waals surface area contributed by atoms with Gasteiger partial charge in [-0.2, -0.15) is 4.31 Å². The van der Waals surface area contributed by atoms with Crippen LogP contribution in [0.4, 0.5) is 5.69 Å². The first kappa shape index (κ1) is 25.3. The Morgan fingerprint density at radius 2 is 1.97 bits per heavy atom. The number of benzene rings is 1. The molecule has 1 N–H and O–H groups in total. The average molecular weight is 572 g/mol. The van der Waals surface area contributed by atoms with Gasteiger partial charge in [0, 0.05) is 57.6 Å². The number of halogens is 1. The Balaban J connectivity index is 1.37.